The number of methoxy groups -OCH3 is 1. The Morgan fingerprint density at radius 2 is 1.97 bits per heavy atom. The van der Waals surface area contributed by atoms with Crippen LogP contribution in [0.4, 0.5) is 0 Å². The van der Waals surface area contributed by atoms with E-state index in [1.807, 2.05) is 37.3 Å². The van der Waals surface area contributed by atoms with Crippen molar-refractivity contribution in [1.29, 1.82) is 0 Å². The van der Waals surface area contributed by atoms with Gasteiger partial charge in [0.05, 0.1) is 29.3 Å². The number of benzene rings is 1. The van der Waals surface area contributed by atoms with Crippen molar-refractivity contribution in [3.8, 4) is 0 Å². The van der Waals surface area contributed by atoms with E-state index in [0.29, 0.717) is 27.9 Å². The van der Waals surface area contributed by atoms with Crippen molar-refractivity contribution < 1.29 is 17.9 Å². The van der Waals surface area contributed by atoms with E-state index in [-0.39, 0.29) is 17.9 Å². The van der Waals surface area contributed by atoms with Gasteiger partial charge >= 0.3 is 0 Å². The summed E-state index contributed by atoms with van der Waals surface area (Å²) in [4.78, 5) is 12.5. The number of hydrogen-bond acceptors (Lipinski definition) is 4. The lowest BCUT2D eigenvalue weighted by atomic mass is 10.0. The molecule has 0 radical (unpaired) electrons. The average Bonchev–Trinajstić information content (AvgIpc) is 3.36. The van der Waals surface area contributed by atoms with E-state index in [2.05, 4.69) is 21.2 Å². The van der Waals surface area contributed by atoms with Crippen LogP contribution in [0, 0.1) is 5.41 Å². The molecule has 2 aliphatic rings. The Kier molecular flexibility index (Phi) is 5.13. The minimum atomic E-state index is -3.91. The van der Waals surface area contributed by atoms with Crippen LogP contribution in [0.5, 0.6) is 0 Å². The molecule has 2 aromatic rings. The summed E-state index contributed by atoms with van der Waals surface area (Å²) < 4.78 is 34.0. The van der Waals surface area contributed by atoms with Crippen LogP contribution in [0.1, 0.15) is 38.8 Å². The zero-order chi connectivity index (χ0) is 21.7. The van der Waals surface area contributed by atoms with E-state index in [0.717, 1.165) is 18.2 Å². The van der Waals surface area contributed by atoms with Gasteiger partial charge in [-0.1, -0.05) is 31.2 Å². The number of aromatic nitrogens is 1. The number of halogens is 1. The third-order valence-electron chi connectivity index (χ3n) is 6.20. The maximum atomic E-state index is 14.0. The molecule has 6 nitrogen and oxygen atoms in total. The van der Waals surface area contributed by atoms with Gasteiger partial charge in [0.1, 0.15) is 10.5 Å². The predicted octanol–water partition coefficient (Wildman–Crippen LogP) is 4.21. The van der Waals surface area contributed by atoms with Crippen LogP contribution in [0.15, 0.2) is 52.7 Å². The number of carbonyl (C=O) groups is 1. The molecule has 0 saturated heterocycles. The van der Waals surface area contributed by atoms with Gasteiger partial charge in [-0.05, 0) is 60.3 Å². The Balaban J connectivity index is 1.82. The highest BCUT2D eigenvalue weighted by molar-refractivity contribution is 9.12. The Bertz CT molecular complexity index is 1190. The summed E-state index contributed by atoms with van der Waals surface area (Å²) >= 11 is 3.49. The number of para-hydroxylation sites is 1. The SMILES string of the molecule is COC1=C(Br)C(C)(S(=O)(=O)n2c(CNC(=O)C3(C)CC3)cc3ccccc32)CC=C1. The highest BCUT2D eigenvalue weighted by Crippen LogP contribution is 2.45. The topological polar surface area (TPSA) is 77.4 Å². The molecule has 1 aromatic heterocycles. The van der Waals surface area contributed by atoms with Crippen molar-refractivity contribution in [2.45, 2.75) is 44.4 Å². The van der Waals surface area contributed by atoms with Crippen LogP contribution in [0.25, 0.3) is 10.9 Å². The van der Waals surface area contributed by atoms with Gasteiger partial charge in [0.15, 0.2) is 0 Å². The Morgan fingerprint density at radius 1 is 1.27 bits per heavy atom. The van der Waals surface area contributed by atoms with Gasteiger partial charge in [0.25, 0.3) is 0 Å². The number of carbonyl (C=O) groups excluding carboxylic acids is 1. The van der Waals surface area contributed by atoms with Crippen molar-refractivity contribution in [2.75, 3.05) is 7.11 Å². The molecule has 0 spiro atoms. The molecule has 1 aromatic carbocycles. The minimum absolute atomic E-state index is 0.0359. The number of ether oxygens (including phenoxy) is 1. The van der Waals surface area contributed by atoms with E-state index < -0.39 is 14.8 Å². The van der Waals surface area contributed by atoms with E-state index in [4.69, 9.17) is 4.74 Å². The zero-order valence-electron chi connectivity index (χ0n) is 17.2. The third-order valence-corrected chi connectivity index (χ3v) is 10.2. The molecule has 8 heteroatoms. The number of rotatable bonds is 6. The van der Waals surface area contributed by atoms with Crippen LogP contribution in [0.3, 0.4) is 0 Å². The predicted molar refractivity (Wildman–Crippen MR) is 121 cm³/mol. The molecule has 4 rings (SSSR count). The molecular formula is C22H25BrN2O4S. The second kappa shape index (κ2) is 7.27. The lowest BCUT2D eigenvalue weighted by molar-refractivity contribution is -0.125. The fourth-order valence-corrected chi connectivity index (χ4v) is 6.74. The Labute approximate surface area is 185 Å². The molecule has 1 unspecified atom stereocenters. The van der Waals surface area contributed by atoms with Crippen LogP contribution >= 0.6 is 15.9 Å². The van der Waals surface area contributed by atoms with Crippen molar-refractivity contribution in [3.05, 3.63) is 58.4 Å². The fourth-order valence-electron chi connectivity index (χ4n) is 3.78. The third kappa shape index (κ3) is 3.21. The summed E-state index contributed by atoms with van der Waals surface area (Å²) in [6.45, 7) is 3.77. The summed E-state index contributed by atoms with van der Waals surface area (Å²) in [6.07, 6.45) is 5.61. The molecule has 1 saturated carbocycles. The number of nitrogens with one attached hydrogen (secondary N) is 1. The average molecular weight is 493 g/mol. The van der Waals surface area contributed by atoms with Gasteiger partial charge in [0, 0.05) is 10.8 Å². The lowest BCUT2D eigenvalue weighted by Crippen LogP contribution is -2.42. The fraction of sp³-hybridized carbons (Fsp3) is 0.409. The number of fused-ring (bicyclic) bond motifs is 1. The smallest absolute Gasteiger partial charge is 0.249 e. The molecule has 1 atom stereocenters. The number of nitrogens with zero attached hydrogens (tertiary/aromatic N) is 1. The van der Waals surface area contributed by atoms with Crippen molar-refractivity contribution in [3.63, 3.8) is 0 Å². The van der Waals surface area contributed by atoms with Gasteiger partial charge in [-0.3, -0.25) is 4.79 Å². The molecule has 1 heterocycles. The van der Waals surface area contributed by atoms with E-state index in [1.165, 1.54) is 11.1 Å². The van der Waals surface area contributed by atoms with E-state index >= 15 is 0 Å². The minimum Gasteiger partial charge on any atom is -0.496 e. The Morgan fingerprint density at radius 3 is 2.63 bits per heavy atom. The number of allylic oxidation sites excluding steroid dienone is 2. The highest BCUT2D eigenvalue weighted by atomic mass is 79.9. The largest absolute Gasteiger partial charge is 0.496 e. The van der Waals surface area contributed by atoms with Gasteiger partial charge in [-0.2, -0.15) is 0 Å². The standard InChI is InChI=1S/C22H25BrN2O4S/c1-21(11-12-21)20(26)24-14-16-13-15-7-4-5-8-17(15)25(16)30(27,28)22(2)10-6-9-18(29-3)19(22)23/h4-9,13H,10-12,14H2,1-3H3,(H,24,26). The molecule has 0 aliphatic heterocycles. The van der Waals surface area contributed by atoms with Crippen molar-refractivity contribution in [1.82, 2.24) is 9.29 Å². The van der Waals surface area contributed by atoms with Gasteiger partial charge in [0.2, 0.25) is 15.9 Å². The number of hydrogen-bond donors (Lipinski definition) is 1. The molecule has 160 valence electrons. The molecular weight excluding hydrogens is 468 g/mol. The molecule has 1 amide bonds. The highest BCUT2D eigenvalue weighted by Gasteiger charge is 2.47. The first-order valence-corrected chi connectivity index (χ1v) is 12.1. The Hall–Kier alpha value is -2.06. The van der Waals surface area contributed by atoms with Crippen LogP contribution in [-0.2, 0) is 26.1 Å². The van der Waals surface area contributed by atoms with E-state index in [1.54, 1.807) is 19.1 Å². The van der Waals surface area contributed by atoms with Gasteiger partial charge in [-0.25, -0.2) is 12.4 Å². The second-order valence-electron chi connectivity index (χ2n) is 8.43. The first-order chi connectivity index (χ1) is 14.1. The van der Waals surface area contributed by atoms with Crippen LogP contribution in [0.2, 0.25) is 0 Å². The maximum absolute atomic E-state index is 14.0. The summed E-state index contributed by atoms with van der Waals surface area (Å²) in [5.41, 5.74) is 0.799. The summed E-state index contributed by atoms with van der Waals surface area (Å²) in [7, 11) is -2.39. The molecule has 1 N–H and O–H groups in total. The van der Waals surface area contributed by atoms with Crippen LogP contribution < -0.4 is 5.32 Å². The van der Waals surface area contributed by atoms with Gasteiger partial charge < -0.3 is 10.1 Å². The molecule has 1 fully saturated rings. The summed E-state index contributed by atoms with van der Waals surface area (Å²) in [5.74, 6) is 0.451. The monoisotopic (exact) mass is 492 g/mol. The number of amides is 1. The molecule has 0 bridgehead atoms. The second-order valence-corrected chi connectivity index (χ2v) is 11.4. The van der Waals surface area contributed by atoms with Crippen molar-refractivity contribution in [2.24, 2.45) is 5.41 Å². The summed E-state index contributed by atoms with van der Waals surface area (Å²) in [5, 5.41) is 3.75. The van der Waals surface area contributed by atoms with E-state index in [9.17, 15) is 13.2 Å². The quantitative estimate of drug-likeness (QED) is 0.654. The van der Waals surface area contributed by atoms with Crippen molar-refractivity contribution >= 4 is 42.8 Å². The normalized spacial score (nSPS) is 22.9. The van der Waals surface area contributed by atoms with Gasteiger partial charge in [-0.15, -0.1) is 0 Å². The lowest BCUT2D eigenvalue weighted by Gasteiger charge is -2.32. The summed E-state index contributed by atoms with van der Waals surface area (Å²) in [6, 6.07) is 9.19. The first kappa shape index (κ1) is 21.2. The van der Waals surface area contributed by atoms with Crippen LogP contribution in [-0.4, -0.2) is 30.2 Å². The molecule has 2 aliphatic carbocycles. The maximum Gasteiger partial charge on any atom is 0.249 e. The first-order valence-electron chi connectivity index (χ1n) is 9.88. The zero-order valence-corrected chi connectivity index (χ0v) is 19.6. The molecule has 30 heavy (non-hydrogen) atoms.